The molecule has 0 saturated heterocycles. The summed E-state index contributed by atoms with van der Waals surface area (Å²) < 4.78 is 6.31. The van der Waals surface area contributed by atoms with Crippen LogP contribution in [0.15, 0.2) is 84.1 Å². The zero-order valence-electron chi connectivity index (χ0n) is 16.3. The molecule has 4 aromatic rings. The Hall–Kier alpha value is -3.40. The standard InChI is InChI=1S/C24H23N3O/c1-24(2,3)28-22-19-14-15-25-23(19)26-16-20(22)27-21(17-10-6-4-7-11-17)18-12-8-5-9-13-18/h4-16H,1-3H3,(H,25,26). The van der Waals surface area contributed by atoms with Crippen molar-refractivity contribution in [3.05, 3.63) is 90.3 Å². The number of aliphatic imine (C=N–C) groups is 1. The number of aromatic nitrogens is 2. The second-order valence-electron chi connectivity index (χ2n) is 7.62. The van der Waals surface area contributed by atoms with Gasteiger partial charge in [-0.25, -0.2) is 9.98 Å². The average molecular weight is 369 g/mol. The van der Waals surface area contributed by atoms with Gasteiger partial charge < -0.3 is 9.72 Å². The lowest BCUT2D eigenvalue weighted by molar-refractivity contribution is 0.134. The van der Waals surface area contributed by atoms with Gasteiger partial charge in [-0.1, -0.05) is 60.7 Å². The summed E-state index contributed by atoms with van der Waals surface area (Å²) in [6, 6.07) is 22.4. The fraction of sp³-hybridized carbons (Fsp3) is 0.167. The molecule has 0 radical (unpaired) electrons. The third-order valence-electron chi connectivity index (χ3n) is 4.25. The number of hydrogen-bond acceptors (Lipinski definition) is 3. The predicted molar refractivity (Wildman–Crippen MR) is 115 cm³/mol. The third kappa shape index (κ3) is 3.81. The Kier molecular flexibility index (Phi) is 4.70. The van der Waals surface area contributed by atoms with E-state index >= 15 is 0 Å². The lowest BCUT2D eigenvalue weighted by Crippen LogP contribution is -2.23. The first-order valence-corrected chi connectivity index (χ1v) is 9.36. The van der Waals surface area contributed by atoms with Crippen LogP contribution in [0.2, 0.25) is 0 Å². The van der Waals surface area contributed by atoms with E-state index in [1.54, 1.807) is 6.20 Å². The minimum Gasteiger partial charge on any atom is -0.485 e. The van der Waals surface area contributed by atoms with E-state index in [4.69, 9.17) is 9.73 Å². The Balaban J connectivity index is 1.94. The molecular formula is C24H23N3O. The lowest BCUT2D eigenvalue weighted by atomic mass is 10.0. The molecule has 2 aromatic carbocycles. The maximum atomic E-state index is 6.31. The highest BCUT2D eigenvalue weighted by molar-refractivity contribution is 6.14. The fourth-order valence-corrected chi connectivity index (χ4v) is 3.07. The van der Waals surface area contributed by atoms with Crippen molar-refractivity contribution in [2.24, 2.45) is 4.99 Å². The summed E-state index contributed by atoms with van der Waals surface area (Å²) in [6.45, 7) is 6.11. The average Bonchev–Trinajstić information content (AvgIpc) is 3.17. The number of benzene rings is 2. The second kappa shape index (κ2) is 7.31. The minimum atomic E-state index is -0.352. The number of H-pyrrole nitrogens is 1. The van der Waals surface area contributed by atoms with Crippen molar-refractivity contribution in [3.8, 4) is 5.75 Å². The van der Waals surface area contributed by atoms with Crippen LogP contribution in [0.5, 0.6) is 5.75 Å². The van der Waals surface area contributed by atoms with Gasteiger partial charge >= 0.3 is 0 Å². The van der Waals surface area contributed by atoms with Gasteiger partial charge in [-0.3, -0.25) is 0 Å². The molecule has 4 heteroatoms. The molecule has 2 aromatic heterocycles. The molecule has 0 saturated carbocycles. The Morgan fingerprint density at radius 1 is 0.893 bits per heavy atom. The summed E-state index contributed by atoms with van der Waals surface area (Å²) in [5.74, 6) is 0.739. The van der Waals surface area contributed by atoms with Gasteiger partial charge in [0.25, 0.3) is 0 Å². The highest BCUT2D eigenvalue weighted by Crippen LogP contribution is 2.37. The molecule has 0 amide bonds. The number of pyridine rings is 1. The van der Waals surface area contributed by atoms with Crippen LogP contribution in [0, 0.1) is 0 Å². The summed E-state index contributed by atoms with van der Waals surface area (Å²) in [5, 5.41) is 0.927. The quantitative estimate of drug-likeness (QED) is 0.455. The molecule has 140 valence electrons. The predicted octanol–water partition coefficient (Wildman–Crippen LogP) is 5.91. The van der Waals surface area contributed by atoms with E-state index in [0.717, 1.165) is 33.6 Å². The van der Waals surface area contributed by atoms with E-state index in [2.05, 4.69) is 34.2 Å². The number of fused-ring (bicyclic) bond motifs is 1. The van der Waals surface area contributed by atoms with Gasteiger partial charge in [0, 0.05) is 17.3 Å². The van der Waals surface area contributed by atoms with E-state index < -0.39 is 0 Å². The van der Waals surface area contributed by atoms with Crippen LogP contribution >= 0.6 is 0 Å². The summed E-state index contributed by atoms with van der Waals surface area (Å²) >= 11 is 0. The minimum absolute atomic E-state index is 0.352. The Morgan fingerprint density at radius 3 is 2.07 bits per heavy atom. The van der Waals surface area contributed by atoms with Gasteiger partial charge in [0.15, 0.2) is 5.75 Å². The lowest BCUT2D eigenvalue weighted by Gasteiger charge is -2.23. The van der Waals surface area contributed by atoms with Crippen LogP contribution in [-0.4, -0.2) is 21.3 Å². The third-order valence-corrected chi connectivity index (χ3v) is 4.25. The van der Waals surface area contributed by atoms with E-state index in [1.807, 2.05) is 69.4 Å². The van der Waals surface area contributed by atoms with Gasteiger partial charge in [-0.15, -0.1) is 0 Å². The number of hydrogen-bond donors (Lipinski definition) is 1. The van der Waals surface area contributed by atoms with Crippen molar-refractivity contribution in [1.29, 1.82) is 0 Å². The number of rotatable bonds is 4. The summed E-state index contributed by atoms with van der Waals surface area (Å²) in [7, 11) is 0. The van der Waals surface area contributed by atoms with Crippen LogP contribution in [0.4, 0.5) is 5.69 Å². The van der Waals surface area contributed by atoms with E-state index in [1.165, 1.54) is 0 Å². The van der Waals surface area contributed by atoms with Crippen molar-refractivity contribution >= 4 is 22.4 Å². The van der Waals surface area contributed by atoms with Crippen LogP contribution in [0.25, 0.3) is 11.0 Å². The normalized spacial score (nSPS) is 11.4. The molecule has 0 fully saturated rings. The zero-order valence-corrected chi connectivity index (χ0v) is 16.3. The van der Waals surface area contributed by atoms with Crippen LogP contribution in [0.1, 0.15) is 31.9 Å². The van der Waals surface area contributed by atoms with Crippen molar-refractivity contribution in [2.75, 3.05) is 0 Å². The molecule has 28 heavy (non-hydrogen) atoms. The summed E-state index contributed by atoms with van der Waals surface area (Å²) in [4.78, 5) is 12.7. The monoisotopic (exact) mass is 369 g/mol. The molecule has 0 unspecified atom stereocenters. The molecule has 0 bridgehead atoms. The number of ether oxygens (including phenoxy) is 1. The first kappa shape index (κ1) is 18.0. The maximum absolute atomic E-state index is 6.31. The second-order valence-corrected chi connectivity index (χ2v) is 7.62. The van der Waals surface area contributed by atoms with Gasteiger partial charge in [-0.2, -0.15) is 0 Å². The molecule has 0 aliphatic carbocycles. The molecule has 1 N–H and O–H groups in total. The largest absolute Gasteiger partial charge is 0.485 e. The van der Waals surface area contributed by atoms with Crippen molar-refractivity contribution in [3.63, 3.8) is 0 Å². The molecule has 0 aliphatic rings. The van der Waals surface area contributed by atoms with E-state index in [9.17, 15) is 0 Å². The first-order chi connectivity index (χ1) is 13.5. The van der Waals surface area contributed by atoms with Crippen LogP contribution in [-0.2, 0) is 0 Å². The smallest absolute Gasteiger partial charge is 0.158 e. The highest BCUT2D eigenvalue weighted by atomic mass is 16.5. The van der Waals surface area contributed by atoms with Gasteiger partial charge in [-0.05, 0) is 26.8 Å². The van der Waals surface area contributed by atoms with Gasteiger partial charge in [0.2, 0.25) is 0 Å². The molecule has 4 rings (SSSR count). The van der Waals surface area contributed by atoms with Gasteiger partial charge in [0.1, 0.15) is 16.9 Å². The molecule has 4 nitrogen and oxygen atoms in total. The SMILES string of the molecule is CC(C)(C)Oc1c(N=C(c2ccccc2)c2ccccc2)cnc2[nH]ccc12. The van der Waals surface area contributed by atoms with Crippen LogP contribution in [0.3, 0.4) is 0 Å². The summed E-state index contributed by atoms with van der Waals surface area (Å²) in [6.07, 6.45) is 3.64. The Bertz CT molecular complexity index is 1070. The molecule has 0 spiro atoms. The Labute approximate surface area is 164 Å². The first-order valence-electron chi connectivity index (χ1n) is 9.36. The molecular weight excluding hydrogens is 346 g/mol. The van der Waals surface area contributed by atoms with Gasteiger partial charge in [0.05, 0.1) is 17.3 Å². The summed E-state index contributed by atoms with van der Waals surface area (Å²) in [5.41, 5.74) is 4.13. The zero-order chi connectivity index (χ0) is 19.6. The molecule has 0 atom stereocenters. The fourth-order valence-electron chi connectivity index (χ4n) is 3.07. The Morgan fingerprint density at radius 2 is 1.50 bits per heavy atom. The number of nitrogens with one attached hydrogen (secondary N) is 1. The molecule has 2 heterocycles. The highest BCUT2D eigenvalue weighted by Gasteiger charge is 2.19. The van der Waals surface area contributed by atoms with Crippen LogP contribution < -0.4 is 4.74 Å². The van der Waals surface area contributed by atoms with Crippen molar-refractivity contribution < 1.29 is 4.74 Å². The number of nitrogens with zero attached hydrogens (tertiary/aromatic N) is 2. The molecule has 0 aliphatic heterocycles. The number of aromatic amines is 1. The van der Waals surface area contributed by atoms with Crippen molar-refractivity contribution in [2.45, 2.75) is 26.4 Å². The van der Waals surface area contributed by atoms with Crippen molar-refractivity contribution in [1.82, 2.24) is 9.97 Å². The maximum Gasteiger partial charge on any atom is 0.158 e. The topological polar surface area (TPSA) is 50.3 Å². The van der Waals surface area contributed by atoms with E-state index in [0.29, 0.717) is 5.69 Å². The van der Waals surface area contributed by atoms with E-state index in [-0.39, 0.29) is 5.60 Å².